The van der Waals surface area contributed by atoms with Crippen molar-refractivity contribution in [3.63, 3.8) is 0 Å². The fourth-order valence-electron chi connectivity index (χ4n) is 0. The van der Waals surface area contributed by atoms with Crippen LogP contribution in [0.2, 0.25) is 0 Å². The summed E-state index contributed by atoms with van der Waals surface area (Å²) in [6.07, 6.45) is 0. The van der Waals surface area contributed by atoms with Crippen LogP contribution in [0.5, 0.6) is 0 Å². The normalized spacial score (nSPS) is 16.3. The Balaban J connectivity index is 4.43. The quantitative estimate of drug-likeness (QED) is 0.280. The third kappa shape index (κ3) is 2.68. The second-order valence-corrected chi connectivity index (χ2v) is 3.98. The number of hydrogen-bond acceptors (Lipinski definition) is 4. The van der Waals surface area contributed by atoms with Gasteiger partial charge >= 0.3 is 9.15 Å². The van der Waals surface area contributed by atoms with Crippen LogP contribution < -0.4 is 0 Å². The topological polar surface area (TPSA) is 94.5 Å². The van der Waals surface area contributed by atoms with Crippen LogP contribution in [0.1, 0.15) is 0 Å². The van der Waals surface area contributed by atoms with Crippen molar-refractivity contribution in [1.82, 2.24) is 0 Å². The third-order valence-electron chi connectivity index (χ3n) is 0.172. The van der Waals surface area contributed by atoms with Crippen molar-refractivity contribution in [2.45, 2.75) is 0 Å². The molecule has 7 heteroatoms. The van der Waals surface area contributed by atoms with Gasteiger partial charge in [0.2, 0.25) is 0 Å². The van der Waals surface area contributed by atoms with E-state index in [1.165, 1.54) is 0 Å². The molecule has 0 heterocycles. The van der Waals surface area contributed by atoms with Crippen LogP contribution in [0.15, 0.2) is 0 Å². The van der Waals surface area contributed by atoms with Gasteiger partial charge in [0.1, 0.15) is 0 Å². The van der Waals surface area contributed by atoms with Crippen molar-refractivity contribution in [2.75, 3.05) is 0 Å². The molecule has 0 aromatic carbocycles. The standard InChI is InChI=1S/H2O5S2/c1-6(2)7(3,4)5/h(H,1,2)(H,3,4,5)/p-1. The summed E-state index contributed by atoms with van der Waals surface area (Å²) in [5, 5.41) is 0. The molecule has 7 heavy (non-hydrogen) atoms. The molecule has 0 aliphatic rings. The first-order valence-electron chi connectivity index (χ1n) is 1.02. The van der Waals surface area contributed by atoms with Gasteiger partial charge in [0.05, 0.1) is 10.1 Å². The molecule has 0 amide bonds. The van der Waals surface area contributed by atoms with E-state index < -0.39 is 19.3 Å². The zero-order valence-corrected chi connectivity index (χ0v) is 4.53. The van der Waals surface area contributed by atoms with E-state index in [-0.39, 0.29) is 0 Å². The first kappa shape index (κ1) is 7.02. The minimum absolute atomic E-state index is 3.41. The molecule has 1 N–H and O–H groups in total. The SMILES string of the molecule is O=S([O-])S(=O)(=O)O. The summed E-state index contributed by atoms with van der Waals surface area (Å²) in [5.74, 6) is 0. The lowest BCUT2D eigenvalue weighted by Gasteiger charge is -1.94. The van der Waals surface area contributed by atoms with Gasteiger partial charge in [0.15, 0.2) is 0 Å². The van der Waals surface area contributed by atoms with Gasteiger partial charge in [-0.25, -0.2) is 0 Å². The summed E-state index contributed by atoms with van der Waals surface area (Å²) in [7, 11) is -8.23. The van der Waals surface area contributed by atoms with Crippen LogP contribution in [0, 0.1) is 0 Å². The second-order valence-electron chi connectivity index (χ2n) is 0.632. The van der Waals surface area contributed by atoms with E-state index >= 15 is 0 Å². The van der Waals surface area contributed by atoms with Crippen molar-refractivity contribution in [3.05, 3.63) is 0 Å². The van der Waals surface area contributed by atoms with Crippen molar-refractivity contribution in [1.29, 1.82) is 0 Å². The van der Waals surface area contributed by atoms with E-state index in [1.807, 2.05) is 0 Å². The van der Waals surface area contributed by atoms with E-state index in [0.29, 0.717) is 0 Å². The molecule has 0 fully saturated rings. The smallest absolute Gasteiger partial charge is 0.335 e. The molecule has 0 saturated heterocycles. The molecular formula is HO5S2-. The van der Waals surface area contributed by atoms with Crippen molar-refractivity contribution < 1.29 is 21.7 Å². The highest BCUT2D eigenvalue weighted by molar-refractivity contribution is 8.59. The molecule has 0 radical (unpaired) electrons. The van der Waals surface area contributed by atoms with Crippen LogP contribution in [0.25, 0.3) is 0 Å². The lowest BCUT2D eigenvalue weighted by atomic mass is 15.9. The Morgan fingerprint density at radius 3 is 1.71 bits per heavy atom. The van der Waals surface area contributed by atoms with E-state index in [2.05, 4.69) is 0 Å². The summed E-state index contributed by atoms with van der Waals surface area (Å²) in [6.45, 7) is 0. The van der Waals surface area contributed by atoms with Crippen LogP contribution in [0.3, 0.4) is 0 Å². The van der Waals surface area contributed by atoms with Crippen LogP contribution >= 0.6 is 0 Å². The summed E-state index contributed by atoms with van der Waals surface area (Å²) in [5.41, 5.74) is 0. The van der Waals surface area contributed by atoms with E-state index in [4.69, 9.17) is 4.55 Å². The first-order chi connectivity index (χ1) is 2.94. The second kappa shape index (κ2) is 1.86. The molecule has 44 valence electrons. The lowest BCUT2D eigenvalue weighted by molar-refractivity contribution is 0.483. The maximum absolute atomic E-state index is 9.27. The monoisotopic (exact) mass is 145 g/mol. The van der Waals surface area contributed by atoms with Gasteiger partial charge in [-0.05, 0) is 0 Å². The zero-order chi connectivity index (χ0) is 6.08. The van der Waals surface area contributed by atoms with Gasteiger partial charge in [-0.3, -0.25) is 8.76 Å². The van der Waals surface area contributed by atoms with Crippen LogP contribution in [-0.2, 0) is 19.3 Å². The predicted molar refractivity (Wildman–Crippen MR) is 20.5 cm³/mol. The average Bonchev–Trinajstić information content (AvgIpc) is 1.31. The molecule has 0 aromatic heterocycles. The van der Waals surface area contributed by atoms with Gasteiger partial charge in [-0.1, -0.05) is 0 Å². The van der Waals surface area contributed by atoms with Gasteiger partial charge in [0.25, 0.3) is 0 Å². The number of hydrogen-bond donors (Lipinski definition) is 1. The van der Waals surface area contributed by atoms with Crippen LogP contribution in [0.4, 0.5) is 0 Å². The maximum atomic E-state index is 9.27. The molecule has 0 aliphatic heterocycles. The van der Waals surface area contributed by atoms with Gasteiger partial charge in [-0.2, -0.15) is 8.42 Å². The largest absolute Gasteiger partial charge is 0.758 e. The fraction of sp³-hybridized carbons (Fsp3) is 0. The third-order valence-corrected chi connectivity index (χ3v) is 1.55. The highest BCUT2D eigenvalue weighted by atomic mass is 33.2. The summed E-state index contributed by atoms with van der Waals surface area (Å²) < 4.78 is 44.4. The highest BCUT2D eigenvalue weighted by Gasteiger charge is 2.00. The van der Waals surface area contributed by atoms with Gasteiger partial charge in [-0.15, -0.1) is 0 Å². The minimum atomic E-state index is -4.82. The zero-order valence-electron chi connectivity index (χ0n) is 2.90. The average molecular weight is 145 g/mol. The Morgan fingerprint density at radius 1 is 1.57 bits per heavy atom. The Kier molecular flexibility index (Phi) is 1.87. The maximum Gasteiger partial charge on any atom is 0.335 e. The fourth-order valence-corrected chi connectivity index (χ4v) is 0. The summed E-state index contributed by atoms with van der Waals surface area (Å²) >= 11 is 0. The van der Waals surface area contributed by atoms with Crippen molar-refractivity contribution in [3.8, 4) is 0 Å². The summed E-state index contributed by atoms with van der Waals surface area (Å²) in [4.78, 5) is 0. The van der Waals surface area contributed by atoms with E-state index in [1.54, 1.807) is 0 Å². The Labute approximate surface area is 41.8 Å². The van der Waals surface area contributed by atoms with Crippen molar-refractivity contribution in [2.24, 2.45) is 0 Å². The molecule has 0 bridgehead atoms. The molecule has 1 unspecified atom stereocenters. The number of rotatable bonds is 1. The molecule has 0 aliphatic carbocycles. The molecule has 0 spiro atoms. The molecule has 0 saturated carbocycles. The first-order valence-corrected chi connectivity index (χ1v) is 4.05. The minimum Gasteiger partial charge on any atom is -0.758 e. The molecular weight excluding hydrogens is 144 g/mol. The van der Waals surface area contributed by atoms with E-state index in [9.17, 15) is 17.2 Å². The molecule has 0 rings (SSSR count). The lowest BCUT2D eigenvalue weighted by Crippen LogP contribution is -2.03. The van der Waals surface area contributed by atoms with Gasteiger partial charge < -0.3 is 4.55 Å². The van der Waals surface area contributed by atoms with E-state index in [0.717, 1.165) is 0 Å². The highest BCUT2D eigenvalue weighted by Crippen LogP contribution is 1.82. The summed E-state index contributed by atoms with van der Waals surface area (Å²) in [6, 6.07) is 0. The molecule has 1 atom stereocenters. The van der Waals surface area contributed by atoms with Crippen molar-refractivity contribution >= 4 is 19.3 Å². The Hall–Kier alpha value is 0.0200. The van der Waals surface area contributed by atoms with Crippen LogP contribution in [-0.4, -0.2) is 21.7 Å². The molecule has 0 aromatic rings. The van der Waals surface area contributed by atoms with Gasteiger partial charge in [0, 0.05) is 0 Å². The Morgan fingerprint density at radius 2 is 1.71 bits per heavy atom. The molecule has 5 nitrogen and oxygen atoms in total. The Bertz CT molecular complexity index is 161. The predicted octanol–water partition coefficient (Wildman–Crippen LogP) is -1.33.